The van der Waals surface area contributed by atoms with E-state index in [-0.39, 0.29) is 16.7 Å². The van der Waals surface area contributed by atoms with Crippen LogP contribution in [-0.2, 0) is 6.42 Å². The molecule has 0 saturated heterocycles. The topological polar surface area (TPSA) is 69.2 Å². The Hall–Kier alpha value is -1.42. The molecule has 1 atom stereocenters. The fourth-order valence-corrected chi connectivity index (χ4v) is 2.04. The molecule has 2 N–H and O–H groups in total. The van der Waals surface area contributed by atoms with Crippen molar-refractivity contribution in [3.8, 4) is 0 Å². The Morgan fingerprint density at radius 2 is 2.29 bits per heavy atom. The summed E-state index contributed by atoms with van der Waals surface area (Å²) in [5, 5.41) is 10.7. The number of nitrogens with zero attached hydrogens (tertiary/aromatic N) is 1. The molecule has 14 heavy (non-hydrogen) atoms. The van der Waals surface area contributed by atoms with Crippen molar-refractivity contribution in [2.24, 2.45) is 5.73 Å². The number of hydrogen-bond donors (Lipinski definition) is 1. The maximum Gasteiger partial charge on any atom is 0.272 e. The van der Waals surface area contributed by atoms with E-state index in [4.69, 9.17) is 5.73 Å². The zero-order valence-electron chi connectivity index (χ0n) is 7.77. The van der Waals surface area contributed by atoms with E-state index in [2.05, 4.69) is 0 Å². The highest BCUT2D eigenvalue weighted by Crippen LogP contribution is 2.33. The molecule has 0 heterocycles. The van der Waals surface area contributed by atoms with Crippen LogP contribution in [-0.4, -0.2) is 4.92 Å². The summed E-state index contributed by atoms with van der Waals surface area (Å²) < 4.78 is 0. The van der Waals surface area contributed by atoms with Crippen molar-refractivity contribution in [3.05, 3.63) is 39.4 Å². The third kappa shape index (κ3) is 1.37. The third-order valence-corrected chi connectivity index (χ3v) is 2.73. The summed E-state index contributed by atoms with van der Waals surface area (Å²) in [5.41, 5.74) is 7.89. The SMILES string of the molecule is N[C@@H]1CCCc2c1cccc2[N+](=O)[O-]. The van der Waals surface area contributed by atoms with Crippen LogP contribution in [0.5, 0.6) is 0 Å². The Balaban J connectivity index is 2.55. The molecule has 0 amide bonds. The summed E-state index contributed by atoms with van der Waals surface area (Å²) in [5.74, 6) is 0. The molecular weight excluding hydrogens is 180 g/mol. The van der Waals surface area contributed by atoms with Crippen LogP contribution in [0, 0.1) is 10.1 Å². The minimum atomic E-state index is -0.323. The quantitative estimate of drug-likeness (QED) is 0.546. The molecule has 4 heteroatoms. The lowest BCUT2D eigenvalue weighted by Gasteiger charge is -2.21. The van der Waals surface area contributed by atoms with Gasteiger partial charge in [0, 0.05) is 17.7 Å². The van der Waals surface area contributed by atoms with Gasteiger partial charge in [0.2, 0.25) is 0 Å². The van der Waals surface area contributed by atoms with Gasteiger partial charge in [-0.05, 0) is 24.8 Å². The van der Waals surface area contributed by atoms with E-state index in [1.54, 1.807) is 12.1 Å². The van der Waals surface area contributed by atoms with Gasteiger partial charge in [-0.25, -0.2) is 0 Å². The highest BCUT2D eigenvalue weighted by Gasteiger charge is 2.23. The first-order valence-corrected chi connectivity index (χ1v) is 4.72. The summed E-state index contributed by atoms with van der Waals surface area (Å²) in [4.78, 5) is 10.4. The summed E-state index contributed by atoms with van der Waals surface area (Å²) in [6, 6.07) is 5.13. The van der Waals surface area contributed by atoms with Gasteiger partial charge >= 0.3 is 0 Å². The first-order valence-electron chi connectivity index (χ1n) is 4.72. The van der Waals surface area contributed by atoms with E-state index in [1.807, 2.05) is 6.07 Å². The lowest BCUT2D eigenvalue weighted by atomic mass is 9.87. The average Bonchev–Trinajstić information content (AvgIpc) is 2.17. The molecule has 2 rings (SSSR count). The van der Waals surface area contributed by atoms with Crippen LogP contribution in [0.4, 0.5) is 5.69 Å². The average molecular weight is 192 g/mol. The number of hydrogen-bond acceptors (Lipinski definition) is 3. The molecule has 0 aliphatic heterocycles. The van der Waals surface area contributed by atoms with Gasteiger partial charge in [0.15, 0.2) is 0 Å². The van der Waals surface area contributed by atoms with Crippen LogP contribution >= 0.6 is 0 Å². The van der Waals surface area contributed by atoms with E-state index < -0.39 is 0 Å². The Bertz CT molecular complexity index is 376. The largest absolute Gasteiger partial charge is 0.324 e. The molecule has 0 bridgehead atoms. The van der Waals surface area contributed by atoms with Crippen LogP contribution in [0.1, 0.15) is 30.0 Å². The fourth-order valence-electron chi connectivity index (χ4n) is 2.04. The fraction of sp³-hybridized carbons (Fsp3) is 0.400. The normalized spacial score (nSPS) is 20.2. The van der Waals surface area contributed by atoms with Crippen molar-refractivity contribution in [1.82, 2.24) is 0 Å². The molecule has 0 fully saturated rings. The van der Waals surface area contributed by atoms with Crippen molar-refractivity contribution >= 4 is 5.69 Å². The number of nitro benzene ring substituents is 1. The van der Waals surface area contributed by atoms with Crippen molar-refractivity contribution in [2.45, 2.75) is 25.3 Å². The molecule has 0 unspecified atom stereocenters. The highest BCUT2D eigenvalue weighted by atomic mass is 16.6. The summed E-state index contributed by atoms with van der Waals surface area (Å²) in [6.45, 7) is 0. The Morgan fingerprint density at radius 3 is 3.00 bits per heavy atom. The van der Waals surface area contributed by atoms with E-state index in [0.717, 1.165) is 30.4 Å². The summed E-state index contributed by atoms with van der Waals surface area (Å²) in [7, 11) is 0. The molecule has 0 radical (unpaired) electrons. The van der Waals surface area contributed by atoms with Crippen molar-refractivity contribution in [1.29, 1.82) is 0 Å². The molecule has 1 aromatic rings. The third-order valence-electron chi connectivity index (χ3n) is 2.73. The zero-order chi connectivity index (χ0) is 10.1. The summed E-state index contributed by atoms with van der Waals surface area (Å²) in [6.07, 6.45) is 2.65. The van der Waals surface area contributed by atoms with E-state index >= 15 is 0 Å². The molecule has 0 spiro atoms. The summed E-state index contributed by atoms with van der Waals surface area (Å²) >= 11 is 0. The molecule has 1 aliphatic rings. The van der Waals surface area contributed by atoms with Crippen molar-refractivity contribution < 1.29 is 4.92 Å². The number of benzene rings is 1. The van der Waals surface area contributed by atoms with Gasteiger partial charge in [0.05, 0.1) is 4.92 Å². The highest BCUT2D eigenvalue weighted by molar-refractivity contribution is 5.47. The predicted octanol–water partition coefficient (Wildman–Crippen LogP) is 1.93. The Kier molecular flexibility index (Phi) is 2.21. The maximum atomic E-state index is 10.7. The minimum absolute atomic E-state index is 0.0290. The monoisotopic (exact) mass is 192 g/mol. The Labute approximate surface area is 81.9 Å². The lowest BCUT2D eigenvalue weighted by Crippen LogP contribution is -2.18. The van der Waals surface area contributed by atoms with Crippen LogP contribution < -0.4 is 5.73 Å². The molecule has 0 aromatic heterocycles. The molecule has 74 valence electrons. The molecule has 1 aliphatic carbocycles. The van der Waals surface area contributed by atoms with Crippen molar-refractivity contribution in [2.75, 3.05) is 0 Å². The van der Waals surface area contributed by atoms with Gasteiger partial charge in [-0.15, -0.1) is 0 Å². The predicted molar refractivity (Wildman–Crippen MR) is 53.0 cm³/mol. The van der Waals surface area contributed by atoms with E-state index in [9.17, 15) is 10.1 Å². The first-order chi connectivity index (χ1) is 6.70. The first kappa shape index (κ1) is 9.15. The molecular formula is C10H12N2O2. The number of rotatable bonds is 1. The van der Waals surface area contributed by atoms with Crippen LogP contribution in [0.2, 0.25) is 0 Å². The van der Waals surface area contributed by atoms with Gasteiger partial charge in [-0.1, -0.05) is 12.1 Å². The van der Waals surface area contributed by atoms with Gasteiger partial charge in [0.1, 0.15) is 0 Å². The van der Waals surface area contributed by atoms with Crippen LogP contribution in [0.15, 0.2) is 18.2 Å². The second-order valence-electron chi connectivity index (χ2n) is 3.60. The van der Waals surface area contributed by atoms with Gasteiger partial charge in [-0.2, -0.15) is 0 Å². The standard InChI is InChI=1S/C10H12N2O2/c11-9-5-1-4-8-7(9)3-2-6-10(8)12(13)14/h2-3,6,9H,1,4-5,11H2/t9-/m1/s1. The van der Waals surface area contributed by atoms with Crippen LogP contribution in [0.25, 0.3) is 0 Å². The zero-order valence-corrected chi connectivity index (χ0v) is 7.77. The van der Waals surface area contributed by atoms with E-state index in [0.29, 0.717) is 0 Å². The lowest BCUT2D eigenvalue weighted by molar-refractivity contribution is -0.385. The maximum absolute atomic E-state index is 10.7. The Morgan fingerprint density at radius 1 is 1.50 bits per heavy atom. The van der Waals surface area contributed by atoms with Crippen molar-refractivity contribution in [3.63, 3.8) is 0 Å². The molecule has 0 saturated carbocycles. The smallest absolute Gasteiger partial charge is 0.272 e. The van der Waals surface area contributed by atoms with Gasteiger partial charge < -0.3 is 5.73 Å². The second kappa shape index (κ2) is 3.38. The molecule has 1 aromatic carbocycles. The number of nitrogens with two attached hydrogens (primary N) is 1. The number of fused-ring (bicyclic) bond motifs is 1. The minimum Gasteiger partial charge on any atom is -0.324 e. The second-order valence-corrected chi connectivity index (χ2v) is 3.60. The van der Waals surface area contributed by atoms with Gasteiger partial charge in [-0.3, -0.25) is 10.1 Å². The van der Waals surface area contributed by atoms with Crippen LogP contribution in [0.3, 0.4) is 0 Å². The van der Waals surface area contributed by atoms with E-state index in [1.165, 1.54) is 0 Å². The van der Waals surface area contributed by atoms with Gasteiger partial charge in [0.25, 0.3) is 5.69 Å². The number of nitro groups is 1. The molecule has 4 nitrogen and oxygen atoms in total.